The molecule has 0 spiro atoms. The Kier molecular flexibility index (Phi) is 4.96. The number of anilines is 1. The van der Waals surface area contributed by atoms with Crippen molar-refractivity contribution >= 4 is 16.5 Å². The van der Waals surface area contributed by atoms with Crippen LogP contribution in [0.3, 0.4) is 0 Å². The topological polar surface area (TPSA) is 31.4 Å². The van der Waals surface area contributed by atoms with Gasteiger partial charge in [0.15, 0.2) is 5.13 Å². The summed E-state index contributed by atoms with van der Waals surface area (Å²) in [5, 5.41) is 4.70. The number of rotatable bonds is 3. The average molecular weight is 311 g/mol. The zero-order chi connectivity index (χ0) is 15.7. The second-order valence-corrected chi connectivity index (χ2v) is 8.95. The van der Waals surface area contributed by atoms with Crippen LogP contribution in [0.25, 0.3) is 0 Å². The van der Waals surface area contributed by atoms with Crippen molar-refractivity contribution in [1.82, 2.24) is 15.2 Å². The van der Waals surface area contributed by atoms with Crippen LogP contribution in [0, 0.1) is 0 Å². The molecule has 5 heteroatoms. The van der Waals surface area contributed by atoms with E-state index in [9.17, 15) is 0 Å². The van der Waals surface area contributed by atoms with Crippen molar-refractivity contribution in [2.75, 3.05) is 31.1 Å². The highest BCUT2D eigenvalue weighted by molar-refractivity contribution is 7.15. The van der Waals surface area contributed by atoms with E-state index in [-0.39, 0.29) is 11.1 Å². The number of hydrogen-bond acceptors (Lipinski definition) is 5. The first-order valence-corrected chi connectivity index (χ1v) is 8.66. The predicted octanol–water partition coefficient (Wildman–Crippen LogP) is 2.95. The van der Waals surface area contributed by atoms with E-state index in [1.807, 2.05) is 17.5 Å². The van der Waals surface area contributed by atoms with Gasteiger partial charge in [-0.15, -0.1) is 11.3 Å². The summed E-state index contributed by atoms with van der Waals surface area (Å²) < 4.78 is 0. The Morgan fingerprint density at radius 3 is 2.24 bits per heavy atom. The monoisotopic (exact) mass is 310 g/mol. The molecular weight excluding hydrogens is 280 g/mol. The lowest BCUT2D eigenvalue weighted by atomic mass is 10.1. The lowest BCUT2D eigenvalue weighted by Crippen LogP contribution is -2.53. The van der Waals surface area contributed by atoms with E-state index < -0.39 is 0 Å². The molecule has 1 saturated heterocycles. The molecular formula is C16H30N4S. The fourth-order valence-corrected chi connectivity index (χ4v) is 3.35. The minimum absolute atomic E-state index is 0.155. The van der Waals surface area contributed by atoms with Crippen LogP contribution >= 0.6 is 11.3 Å². The zero-order valence-corrected chi connectivity index (χ0v) is 15.2. The molecule has 0 amide bonds. The largest absolute Gasteiger partial charge is 0.346 e. The molecule has 0 saturated carbocycles. The third-order valence-corrected chi connectivity index (χ3v) is 4.89. The van der Waals surface area contributed by atoms with Crippen LogP contribution in [0.2, 0.25) is 0 Å². The molecule has 0 bridgehead atoms. The van der Waals surface area contributed by atoms with Crippen LogP contribution in [-0.2, 0) is 6.54 Å². The summed E-state index contributed by atoms with van der Waals surface area (Å²) in [4.78, 5) is 10.9. The average Bonchev–Trinajstić information content (AvgIpc) is 2.83. The van der Waals surface area contributed by atoms with E-state index in [1.54, 1.807) is 0 Å². The molecule has 1 fully saturated rings. The molecule has 21 heavy (non-hydrogen) atoms. The summed E-state index contributed by atoms with van der Waals surface area (Å²) in [6.45, 7) is 18.8. The highest BCUT2D eigenvalue weighted by atomic mass is 32.1. The van der Waals surface area contributed by atoms with Gasteiger partial charge < -0.3 is 10.2 Å². The number of hydrogen-bond donors (Lipinski definition) is 1. The van der Waals surface area contributed by atoms with Gasteiger partial charge >= 0.3 is 0 Å². The maximum absolute atomic E-state index is 4.61. The van der Waals surface area contributed by atoms with Gasteiger partial charge in [0.2, 0.25) is 0 Å². The van der Waals surface area contributed by atoms with Crippen molar-refractivity contribution in [3.05, 3.63) is 11.1 Å². The van der Waals surface area contributed by atoms with Crippen molar-refractivity contribution in [2.24, 2.45) is 0 Å². The van der Waals surface area contributed by atoms with Gasteiger partial charge in [-0.2, -0.15) is 0 Å². The van der Waals surface area contributed by atoms with E-state index in [4.69, 9.17) is 0 Å². The molecule has 1 aliphatic rings. The molecule has 2 heterocycles. The third kappa shape index (κ3) is 4.94. The summed E-state index contributed by atoms with van der Waals surface area (Å²) >= 11 is 1.82. The Morgan fingerprint density at radius 1 is 1.10 bits per heavy atom. The Hall–Kier alpha value is -0.650. The lowest BCUT2D eigenvalue weighted by molar-refractivity contribution is 0.128. The first-order chi connectivity index (χ1) is 9.65. The first kappa shape index (κ1) is 16.7. The van der Waals surface area contributed by atoms with E-state index in [0.717, 1.165) is 32.7 Å². The number of thiazole rings is 1. The lowest BCUT2D eigenvalue weighted by Gasteiger charge is -2.42. The summed E-state index contributed by atoms with van der Waals surface area (Å²) in [6.07, 6.45) is 2.02. The number of piperazine rings is 1. The van der Waals surface area contributed by atoms with Crippen molar-refractivity contribution in [3.8, 4) is 0 Å². The second-order valence-electron chi connectivity index (χ2n) is 7.86. The van der Waals surface area contributed by atoms with Gasteiger partial charge in [0.05, 0.1) is 0 Å². The predicted molar refractivity (Wildman–Crippen MR) is 92.2 cm³/mol. The highest BCUT2D eigenvalue weighted by Gasteiger charge is 2.26. The molecule has 0 radical (unpaired) electrons. The van der Waals surface area contributed by atoms with E-state index in [1.165, 1.54) is 10.0 Å². The van der Waals surface area contributed by atoms with Gasteiger partial charge in [0.25, 0.3) is 0 Å². The summed E-state index contributed by atoms with van der Waals surface area (Å²) in [7, 11) is 0. The minimum Gasteiger partial charge on any atom is -0.346 e. The van der Waals surface area contributed by atoms with Gasteiger partial charge in [-0.1, -0.05) is 0 Å². The summed E-state index contributed by atoms with van der Waals surface area (Å²) in [6, 6.07) is 0. The fourth-order valence-electron chi connectivity index (χ4n) is 2.45. The summed E-state index contributed by atoms with van der Waals surface area (Å²) in [5.74, 6) is 0. The molecule has 120 valence electrons. The van der Waals surface area contributed by atoms with Gasteiger partial charge in [-0.05, 0) is 41.5 Å². The van der Waals surface area contributed by atoms with Crippen LogP contribution in [0.4, 0.5) is 5.13 Å². The number of aromatic nitrogens is 1. The maximum atomic E-state index is 4.61. The first-order valence-electron chi connectivity index (χ1n) is 7.85. The van der Waals surface area contributed by atoms with Crippen molar-refractivity contribution in [3.63, 3.8) is 0 Å². The van der Waals surface area contributed by atoms with E-state index in [0.29, 0.717) is 0 Å². The number of nitrogens with zero attached hydrogens (tertiary/aromatic N) is 3. The molecule has 4 nitrogen and oxygen atoms in total. The smallest absolute Gasteiger partial charge is 0.185 e. The fraction of sp³-hybridized carbons (Fsp3) is 0.812. The Morgan fingerprint density at radius 2 is 1.71 bits per heavy atom. The van der Waals surface area contributed by atoms with Gasteiger partial charge in [-0.25, -0.2) is 4.98 Å². The molecule has 0 unspecified atom stereocenters. The van der Waals surface area contributed by atoms with Crippen molar-refractivity contribution in [2.45, 2.75) is 59.2 Å². The van der Waals surface area contributed by atoms with E-state index in [2.05, 4.69) is 61.6 Å². The van der Waals surface area contributed by atoms with Crippen molar-refractivity contribution < 1.29 is 0 Å². The zero-order valence-electron chi connectivity index (χ0n) is 14.4. The Labute approximate surface area is 133 Å². The molecule has 1 aromatic heterocycles. The van der Waals surface area contributed by atoms with Crippen LogP contribution in [0.15, 0.2) is 6.20 Å². The van der Waals surface area contributed by atoms with Crippen molar-refractivity contribution in [1.29, 1.82) is 0 Å². The second kappa shape index (κ2) is 6.23. The molecule has 1 N–H and O–H groups in total. The molecule has 0 aromatic carbocycles. The van der Waals surface area contributed by atoms with Crippen LogP contribution < -0.4 is 10.2 Å². The normalized spacial score (nSPS) is 18.3. The quantitative estimate of drug-likeness (QED) is 0.930. The Balaban J connectivity index is 1.88. The minimum atomic E-state index is 0.155. The standard InChI is InChI=1S/C16H30N4S/c1-15(2,3)18-12-13-11-17-14(21-13)19-7-9-20(10-8-19)16(4,5)6/h11,18H,7-10,12H2,1-6H3. The van der Waals surface area contributed by atoms with E-state index >= 15 is 0 Å². The maximum Gasteiger partial charge on any atom is 0.185 e. The Bertz CT molecular complexity index is 448. The van der Waals surface area contributed by atoms with Gasteiger partial charge in [0, 0.05) is 54.9 Å². The molecule has 2 rings (SSSR count). The van der Waals surface area contributed by atoms with Crippen LogP contribution in [-0.4, -0.2) is 47.1 Å². The molecule has 0 aliphatic carbocycles. The summed E-state index contributed by atoms with van der Waals surface area (Å²) in [5.41, 5.74) is 0.430. The highest BCUT2D eigenvalue weighted by Crippen LogP contribution is 2.25. The van der Waals surface area contributed by atoms with Gasteiger partial charge in [0.1, 0.15) is 0 Å². The van der Waals surface area contributed by atoms with Gasteiger partial charge in [-0.3, -0.25) is 4.90 Å². The number of nitrogens with one attached hydrogen (secondary N) is 1. The molecule has 0 atom stereocenters. The van der Waals surface area contributed by atoms with Crippen LogP contribution in [0.5, 0.6) is 0 Å². The molecule has 1 aromatic rings. The SMILES string of the molecule is CC(C)(C)NCc1cnc(N2CCN(C(C)(C)C)CC2)s1. The van der Waals surface area contributed by atoms with Crippen LogP contribution in [0.1, 0.15) is 46.4 Å². The molecule has 1 aliphatic heterocycles. The third-order valence-electron chi connectivity index (χ3n) is 3.83.